The molecule has 2 aromatic rings. The van der Waals surface area contributed by atoms with Gasteiger partial charge in [0.15, 0.2) is 0 Å². The molecule has 0 fully saturated rings. The van der Waals surface area contributed by atoms with Crippen LogP contribution in [0, 0.1) is 13.8 Å². The standard InChI is InChI=1S/C10H12N2O2S3/c1-7-3-4-10(16-7)17(13,14)11-5-9-6-15-8(2)12-9/h3-4,6,11H,5H2,1-2H3. The lowest BCUT2D eigenvalue weighted by atomic mass is 10.5. The largest absolute Gasteiger partial charge is 0.250 e. The van der Waals surface area contributed by atoms with E-state index in [0.29, 0.717) is 4.21 Å². The Morgan fingerprint density at radius 1 is 1.35 bits per heavy atom. The molecular formula is C10H12N2O2S3. The second-order valence-corrected chi connectivity index (χ2v) is 7.89. The minimum atomic E-state index is -3.40. The van der Waals surface area contributed by atoms with E-state index in [2.05, 4.69) is 9.71 Å². The first-order valence-electron chi connectivity index (χ1n) is 4.94. The first kappa shape index (κ1) is 12.7. The zero-order valence-electron chi connectivity index (χ0n) is 9.43. The average molecular weight is 288 g/mol. The molecule has 0 aromatic carbocycles. The maximum Gasteiger partial charge on any atom is 0.250 e. The molecule has 0 aliphatic carbocycles. The van der Waals surface area contributed by atoms with E-state index in [-0.39, 0.29) is 6.54 Å². The molecule has 2 rings (SSSR count). The molecule has 0 unspecified atom stereocenters. The number of nitrogens with one attached hydrogen (secondary N) is 1. The summed E-state index contributed by atoms with van der Waals surface area (Å²) in [5.74, 6) is 0. The maximum atomic E-state index is 11.9. The molecule has 17 heavy (non-hydrogen) atoms. The van der Waals surface area contributed by atoms with E-state index in [1.165, 1.54) is 22.7 Å². The summed E-state index contributed by atoms with van der Waals surface area (Å²) >= 11 is 2.78. The number of aryl methyl sites for hydroxylation is 2. The van der Waals surface area contributed by atoms with Crippen LogP contribution in [0.4, 0.5) is 0 Å². The second-order valence-electron chi connectivity index (χ2n) is 3.55. The van der Waals surface area contributed by atoms with Crippen LogP contribution in [-0.4, -0.2) is 13.4 Å². The number of thiazole rings is 1. The number of nitrogens with zero attached hydrogens (tertiary/aromatic N) is 1. The summed E-state index contributed by atoms with van der Waals surface area (Å²) in [6.45, 7) is 4.02. The molecule has 92 valence electrons. The number of rotatable bonds is 4. The number of hydrogen-bond acceptors (Lipinski definition) is 5. The van der Waals surface area contributed by atoms with Gasteiger partial charge in [-0.25, -0.2) is 18.1 Å². The van der Waals surface area contributed by atoms with Gasteiger partial charge in [-0.3, -0.25) is 0 Å². The quantitative estimate of drug-likeness (QED) is 0.939. The monoisotopic (exact) mass is 288 g/mol. The topological polar surface area (TPSA) is 59.1 Å². The zero-order chi connectivity index (χ0) is 12.5. The van der Waals surface area contributed by atoms with Gasteiger partial charge in [0.2, 0.25) is 10.0 Å². The zero-order valence-corrected chi connectivity index (χ0v) is 11.9. The lowest BCUT2D eigenvalue weighted by Gasteiger charge is -2.02. The Balaban J connectivity index is 2.08. The van der Waals surface area contributed by atoms with E-state index in [1.54, 1.807) is 12.1 Å². The lowest BCUT2D eigenvalue weighted by molar-refractivity contribution is 0.582. The van der Waals surface area contributed by atoms with Gasteiger partial charge in [0.1, 0.15) is 4.21 Å². The van der Waals surface area contributed by atoms with E-state index in [0.717, 1.165) is 15.6 Å². The van der Waals surface area contributed by atoms with Crippen molar-refractivity contribution in [2.45, 2.75) is 24.6 Å². The van der Waals surface area contributed by atoms with Crippen molar-refractivity contribution in [2.75, 3.05) is 0 Å². The van der Waals surface area contributed by atoms with Crippen molar-refractivity contribution in [1.29, 1.82) is 0 Å². The van der Waals surface area contributed by atoms with Crippen molar-refractivity contribution < 1.29 is 8.42 Å². The molecule has 0 saturated carbocycles. The summed E-state index contributed by atoms with van der Waals surface area (Å²) in [5.41, 5.74) is 0.754. The SMILES string of the molecule is Cc1ccc(S(=O)(=O)NCc2csc(C)n2)s1. The fourth-order valence-electron chi connectivity index (χ4n) is 1.29. The van der Waals surface area contributed by atoms with Crippen LogP contribution in [0.2, 0.25) is 0 Å². The van der Waals surface area contributed by atoms with Crippen LogP contribution in [0.3, 0.4) is 0 Å². The molecule has 4 nitrogen and oxygen atoms in total. The number of hydrogen-bond donors (Lipinski definition) is 1. The van der Waals surface area contributed by atoms with Gasteiger partial charge in [0.25, 0.3) is 0 Å². The molecule has 0 aliphatic heterocycles. The summed E-state index contributed by atoms with van der Waals surface area (Å²) in [6, 6.07) is 3.42. The summed E-state index contributed by atoms with van der Waals surface area (Å²) in [7, 11) is -3.40. The van der Waals surface area contributed by atoms with Crippen molar-refractivity contribution >= 4 is 32.7 Å². The molecule has 0 spiro atoms. The molecule has 0 atom stereocenters. The Morgan fingerprint density at radius 3 is 2.65 bits per heavy atom. The van der Waals surface area contributed by atoms with Crippen molar-refractivity contribution in [3.8, 4) is 0 Å². The normalized spacial score (nSPS) is 11.9. The van der Waals surface area contributed by atoms with Gasteiger partial charge in [-0.05, 0) is 26.0 Å². The van der Waals surface area contributed by atoms with E-state index < -0.39 is 10.0 Å². The minimum Gasteiger partial charge on any atom is -0.245 e. The number of thiophene rings is 1. The van der Waals surface area contributed by atoms with Crippen molar-refractivity contribution in [2.24, 2.45) is 0 Å². The molecule has 0 radical (unpaired) electrons. The van der Waals surface area contributed by atoms with Gasteiger partial charge in [-0.2, -0.15) is 0 Å². The van der Waals surface area contributed by atoms with Gasteiger partial charge in [0, 0.05) is 10.3 Å². The third-order valence-corrected chi connectivity index (χ3v) is 5.81. The first-order chi connectivity index (χ1) is 7.97. The van der Waals surface area contributed by atoms with E-state index in [1.807, 2.05) is 19.2 Å². The van der Waals surface area contributed by atoms with E-state index in [4.69, 9.17) is 0 Å². The van der Waals surface area contributed by atoms with Gasteiger partial charge < -0.3 is 0 Å². The van der Waals surface area contributed by atoms with Crippen LogP contribution in [0.15, 0.2) is 21.7 Å². The highest BCUT2D eigenvalue weighted by Gasteiger charge is 2.16. The molecule has 0 bridgehead atoms. The first-order valence-corrected chi connectivity index (χ1v) is 8.12. The van der Waals surface area contributed by atoms with Gasteiger partial charge >= 0.3 is 0 Å². The highest BCUT2D eigenvalue weighted by molar-refractivity contribution is 7.91. The van der Waals surface area contributed by atoms with Gasteiger partial charge in [0.05, 0.1) is 17.2 Å². The molecule has 0 amide bonds. The summed E-state index contributed by atoms with van der Waals surface area (Å²) in [4.78, 5) is 5.19. The molecule has 7 heteroatoms. The molecule has 0 aliphatic rings. The Morgan fingerprint density at radius 2 is 2.12 bits per heavy atom. The predicted molar refractivity (Wildman–Crippen MR) is 69.9 cm³/mol. The Bertz CT molecular complexity index is 613. The fourth-order valence-corrected chi connectivity index (χ4v) is 4.23. The molecule has 1 N–H and O–H groups in total. The number of aromatic nitrogens is 1. The Kier molecular flexibility index (Phi) is 3.62. The Labute approximate surface area is 108 Å². The predicted octanol–water partition coefficient (Wildman–Crippen LogP) is 2.30. The van der Waals surface area contributed by atoms with Crippen LogP contribution in [0.25, 0.3) is 0 Å². The lowest BCUT2D eigenvalue weighted by Crippen LogP contribution is -2.22. The molecular weight excluding hydrogens is 276 g/mol. The van der Waals surface area contributed by atoms with Crippen LogP contribution in [0.5, 0.6) is 0 Å². The van der Waals surface area contributed by atoms with E-state index in [9.17, 15) is 8.42 Å². The minimum absolute atomic E-state index is 0.240. The maximum absolute atomic E-state index is 11.9. The second kappa shape index (κ2) is 4.85. The van der Waals surface area contributed by atoms with Crippen molar-refractivity contribution in [1.82, 2.24) is 9.71 Å². The van der Waals surface area contributed by atoms with Crippen molar-refractivity contribution in [3.63, 3.8) is 0 Å². The third-order valence-electron chi connectivity index (χ3n) is 2.09. The van der Waals surface area contributed by atoms with Crippen LogP contribution in [-0.2, 0) is 16.6 Å². The fraction of sp³-hybridized carbons (Fsp3) is 0.300. The average Bonchev–Trinajstić information content (AvgIpc) is 2.85. The molecule has 2 heterocycles. The molecule has 2 aromatic heterocycles. The number of sulfonamides is 1. The summed E-state index contributed by atoms with van der Waals surface area (Å²) < 4.78 is 26.7. The van der Waals surface area contributed by atoms with E-state index >= 15 is 0 Å². The van der Waals surface area contributed by atoms with Gasteiger partial charge in [-0.15, -0.1) is 22.7 Å². The van der Waals surface area contributed by atoms with Crippen LogP contribution in [0.1, 0.15) is 15.6 Å². The summed E-state index contributed by atoms with van der Waals surface area (Å²) in [6.07, 6.45) is 0. The third kappa shape index (κ3) is 3.12. The van der Waals surface area contributed by atoms with Gasteiger partial charge in [-0.1, -0.05) is 0 Å². The summed E-state index contributed by atoms with van der Waals surface area (Å²) in [5, 5.41) is 2.79. The highest BCUT2D eigenvalue weighted by Crippen LogP contribution is 2.20. The smallest absolute Gasteiger partial charge is 0.245 e. The van der Waals surface area contributed by atoms with Crippen LogP contribution >= 0.6 is 22.7 Å². The highest BCUT2D eigenvalue weighted by atomic mass is 32.2. The Hall–Kier alpha value is -0.760. The molecule has 0 saturated heterocycles. The van der Waals surface area contributed by atoms with Crippen molar-refractivity contribution in [3.05, 3.63) is 33.1 Å². The van der Waals surface area contributed by atoms with Crippen LogP contribution < -0.4 is 4.72 Å².